The molecule has 0 aliphatic heterocycles. The molecule has 0 saturated carbocycles. The number of carboxylic acid groups (broad SMARTS) is 1. The molecule has 0 unspecified atom stereocenters. The lowest BCUT2D eigenvalue weighted by atomic mass is 10.4. The minimum absolute atomic E-state index is 0.119. The van der Waals surface area contributed by atoms with Crippen LogP contribution in [0.25, 0.3) is 0 Å². The summed E-state index contributed by atoms with van der Waals surface area (Å²) < 4.78 is 30.2. The van der Waals surface area contributed by atoms with Crippen LogP contribution in [0.3, 0.4) is 0 Å². The van der Waals surface area contributed by atoms with Crippen LogP contribution in [0.4, 0.5) is 0 Å². The summed E-state index contributed by atoms with van der Waals surface area (Å²) in [5.74, 6) is -0.981. The molecule has 94 valence electrons. The molecule has 0 aromatic carbocycles. The predicted octanol–water partition coefficient (Wildman–Crippen LogP) is -0.158. The van der Waals surface area contributed by atoms with E-state index in [1.807, 2.05) is 4.72 Å². The molecule has 2 N–H and O–H groups in total. The van der Waals surface area contributed by atoms with Crippen LogP contribution in [0, 0.1) is 0 Å². The maximum Gasteiger partial charge on any atom is 0.321 e. The maximum absolute atomic E-state index is 11.7. The minimum atomic E-state index is -3.88. The van der Waals surface area contributed by atoms with E-state index in [1.54, 1.807) is 0 Å². The second-order valence-electron chi connectivity index (χ2n) is 3.22. The van der Waals surface area contributed by atoms with Crippen molar-refractivity contribution in [1.29, 1.82) is 0 Å². The number of methoxy groups -OCH3 is 1. The molecule has 1 rings (SSSR count). The van der Waals surface area contributed by atoms with E-state index >= 15 is 0 Å². The van der Waals surface area contributed by atoms with E-state index in [1.165, 1.54) is 26.2 Å². The molecule has 1 aromatic heterocycles. The molecule has 0 amide bonds. The summed E-state index contributed by atoms with van der Waals surface area (Å²) in [5.41, 5.74) is 0. The Bertz CT molecular complexity index is 497. The molecule has 8 heteroatoms. The Balaban J connectivity index is 2.93. The molecule has 17 heavy (non-hydrogen) atoms. The zero-order chi connectivity index (χ0) is 13.1. The van der Waals surface area contributed by atoms with E-state index in [0.717, 1.165) is 6.20 Å². The van der Waals surface area contributed by atoms with Gasteiger partial charge in [0.1, 0.15) is 10.9 Å². The third-order valence-electron chi connectivity index (χ3n) is 1.93. The van der Waals surface area contributed by atoms with E-state index in [9.17, 15) is 13.2 Å². The SMILES string of the molecule is COc1ccc(S(=O)(=O)N[C@@H](C)C(=O)O)cn1. The first-order chi connectivity index (χ1) is 7.86. The van der Waals surface area contributed by atoms with Gasteiger partial charge in [-0.1, -0.05) is 0 Å². The van der Waals surface area contributed by atoms with Gasteiger partial charge in [0.25, 0.3) is 0 Å². The van der Waals surface area contributed by atoms with Crippen LogP contribution in [0.1, 0.15) is 6.92 Å². The van der Waals surface area contributed by atoms with Crippen molar-refractivity contribution in [3.8, 4) is 5.88 Å². The smallest absolute Gasteiger partial charge is 0.321 e. The van der Waals surface area contributed by atoms with E-state index in [4.69, 9.17) is 9.84 Å². The minimum Gasteiger partial charge on any atom is -0.481 e. The Labute approximate surface area is 98.5 Å². The van der Waals surface area contributed by atoms with E-state index in [2.05, 4.69) is 4.98 Å². The van der Waals surface area contributed by atoms with Gasteiger partial charge in [0.2, 0.25) is 15.9 Å². The second-order valence-corrected chi connectivity index (χ2v) is 4.93. The lowest BCUT2D eigenvalue weighted by Gasteiger charge is -2.09. The number of hydrogen-bond donors (Lipinski definition) is 2. The summed E-state index contributed by atoms with van der Waals surface area (Å²) in [4.78, 5) is 14.2. The number of aromatic nitrogens is 1. The zero-order valence-corrected chi connectivity index (χ0v) is 10.1. The topological polar surface area (TPSA) is 106 Å². The summed E-state index contributed by atoms with van der Waals surface area (Å²) in [5, 5.41) is 8.61. The van der Waals surface area contributed by atoms with Gasteiger partial charge >= 0.3 is 5.97 Å². The molecule has 7 nitrogen and oxygen atoms in total. The Morgan fingerprint density at radius 1 is 1.53 bits per heavy atom. The van der Waals surface area contributed by atoms with Crippen LogP contribution in [0.5, 0.6) is 5.88 Å². The third kappa shape index (κ3) is 3.40. The standard InChI is InChI=1S/C9H12N2O5S/c1-6(9(12)13)11-17(14,15)7-3-4-8(16-2)10-5-7/h3-6,11H,1-2H3,(H,12,13)/t6-/m0/s1. The molecule has 0 saturated heterocycles. The fourth-order valence-electron chi connectivity index (χ4n) is 0.998. The van der Waals surface area contributed by atoms with E-state index < -0.39 is 22.0 Å². The van der Waals surface area contributed by atoms with Crippen LogP contribution in [0.15, 0.2) is 23.2 Å². The summed E-state index contributed by atoms with van der Waals surface area (Å²) in [6.07, 6.45) is 1.09. The second kappa shape index (κ2) is 5.11. The molecule has 0 fully saturated rings. The van der Waals surface area contributed by atoms with Crippen LogP contribution >= 0.6 is 0 Å². The first kappa shape index (κ1) is 13.4. The Morgan fingerprint density at radius 3 is 2.59 bits per heavy atom. The summed E-state index contributed by atoms with van der Waals surface area (Å²) >= 11 is 0. The normalized spacial score (nSPS) is 13.1. The van der Waals surface area contributed by atoms with Gasteiger partial charge in [-0.15, -0.1) is 0 Å². The van der Waals surface area contributed by atoms with E-state index in [-0.39, 0.29) is 10.8 Å². The van der Waals surface area contributed by atoms with Crippen molar-refractivity contribution < 1.29 is 23.1 Å². The van der Waals surface area contributed by atoms with Gasteiger partial charge in [0.05, 0.1) is 13.3 Å². The number of ether oxygens (including phenoxy) is 1. The number of nitrogens with one attached hydrogen (secondary N) is 1. The molecular weight excluding hydrogens is 248 g/mol. The van der Waals surface area contributed by atoms with Gasteiger partial charge in [0.15, 0.2) is 0 Å². The number of pyridine rings is 1. The summed E-state index contributed by atoms with van der Waals surface area (Å²) in [6.45, 7) is 1.23. The van der Waals surface area contributed by atoms with Gasteiger partial charge < -0.3 is 9.84 Å². The number of carbonyl (C=O) groups is 1. The first-order valence-electron chi connectivity index (χ1n) is 4.62. The summed E-state index contributed by atoms with van der Waals surface area (Å²) in [7, 11) is -2.47. The fraction of sp³-hybridized carbons (Fsp3) is 0.333. The van der Waals surface area contributed by atoms with Gasteiger partial charge in [-0.25, -0.2) is 13.4 Å². The largest absolute Gasteiger partial charge is 0.481 e. The third-order valence-corrected chi connectivity index (χ3v) is 3.46. The first-order valence-corrected chi connectivity index (χ1v) is 6.10. The number of rotatable bonds is 5. The molecule has 0 aliphatic carbocycles. The number of nitrogens with zero attached hydrogens (tertiary/aromatic N) is 1. The zero-order valence-electron chi connectivity index (χ0n) is 9.25. The van der Waals surface area contributed by atoms with Crippen molar-refractivity contribution in [2.24, 2.45) is 0 Å². The molecule has 0 bridgehead atoms. The average molecular weight is 260 g/mol. The lowest BCUT2D eigenvalue weighted by molar-refractivity contribution is -0.138. The van der Waals surface area contributed by atoms with Crippen LogP contribution in [-0.4, -0.2) is 37.6 Å². The van der Waals surface area contributed by atoms with Crippen molar-refractivity contribution in [1.82, 2.24) is 9.71 Å². The number of aliphatic carboxylic acids is 1. The van der Waals surface area contributed by atoms with Crippen molar-refractivity contribution in [3.05, 3.63) is 18.3 Å². The number of sulfonamides is 1. The van der Waals surface area contributed by atoms with Crippen LogP contribution in [-0.2, 0) is 14.8 Å². The molecule has 0 aliphatic rings. The highest BCUT2D eigenvalue weighted by atomic mass is 32.2. The maximum atomic E-state index is 11.7. The highest BCUT2D eigenvalue weighted by Gasteiger charge is 2.21. The predicted molar refractivity (Wildman–Crippen MR) is 58.2 cm³/mol. The van der Waals surface area contributed by atoms with Gasteiger partial charge in [-0.05, 0) is 13.0 Å². The quantitative estimate of drug-likeness (QED) is 0.762. The molecule has 0 spiro atoms. The lowest BCUT2D eigenvalue weighted by Crippen LogP contribution is -2.38. The van der Waals surface area contributed by atoms with Crippen molar-refractivity contribution in [3.63, 3.8) is 0 Å². The Hall–Kier alpha value is -1.67. The average Bonchev–Trinajstić information content (AvgIpc) is 2.28. The summed E-state index contributed by atoms with van der Waals surface area (Å²) in [6, 6.07) is 1.45. The molecule has 1 aromatic rings. The molecule has 1 heterocycles. The van der Waals surface area contributed by atoms with Gasteiger partial charge in [-0.2, -0.15) is 4.72 Å². The van der Waals surface area contributed by atoms with Crippen molar-refractivity contribution in [2.45, 2.75) is 17.9 Å². The number of carboxylic acids is 1. The van der Waals surface area contributed by atoms with Crippen molar-refractivity contribution in [2.75, 3.05) is 7.11 Å². The van der Waals surface area contributed by atoms with Gasteiger partial charge in [-0.3, -0.25) is 4.79 Å². The Kier molecular flexibility index (Phi) is 4.02. The van der Waals surface area contributed by atoms with Crippen LogP contribution < -0.4 is 9.46 Å². The monoisotopic (exact) mass is 260 g/mol. The van der Waals surface area contributed by atoms with Gasteiger partial charge in [0, 0.05) is 6.07 Å². The highest BCUT2D eigenvalue weighted by molar-refractivity contribution is 7.89. The molecular formula is C9H12N2O5S. The number of hydrogen-bond acceptors (Lipinski definition) is 5. The fourth-order valence-corrected chi connectivity index (χ4v) is 2.14. The van der Waals surface area contributed by atoms with Crippen LogP contribution in [0.2, 0.25) is 0 Å². The molecule has 1 atom stereocenters. The Morgan fingerprint density at radius 2 is 2.18 bits per heavy atom. The molecule has 0 radical (unpaired) electrons. The van der Waals surface area contributed by atoms with E-state index in [0.29, 0.717) is 0 Å². The van der Waals surface area contributed by atoms with Crippen molar-refractivity contribution >= 4 is 16.0 Å². The highest BCUT2D eigenvalue weighted by Crippen LogP contribution is 2.12.